The van der Waals surface area contributed by atoms with E-state index in [1.54, 1.807) is 12.1 Å². The average molecular weight is 372 g/mol. The van der Waals surface area contributed by atoms with Gasteiger partial charge in [0.1, 0.15) is 5.75 Å². The summed E-state index contributed by atoms with van der Waals surface area (Å²) in [5.74, 6) is -0.827. The van der Waals surface area contributed by atoms with Gasteiger partial charge in [-0.15, -0.1) is 0 Å². The van der Waals surface area contributed by atoms with Crippen molar-refractivity contribution in [3.63, 3.8) is 0 Å². The van der Waals surface area contributed by atoms with E-state index in [2.05, 4.69) is 21.2 Å². The molecule has 2 aromatic carbocycles. The Labute approximate surface area is 132 Å². The summed E-state index contributed by atoms with van der Waals surface area (Å²) < 4.78 is 0.509. The maximum Gasteiger partial charge on any atom is 0.271 e. The fraction of sp³-hybridized carbons (Fsp3) is 0. The van der Waals surface area contributed by atoms with Gasteiger partial charge in [-0.1, -0.05) is 11.6 Å². The number of phenols is 1. The molecule has 0 saturated heterocycles. The van der Waals surface area contributed by atoms with Crippen LogP contribution < -0.4 is 5.32 Å². The van der Waals surface area contributed by atoms with Gasteiger partial charge in [-0.05, 0) is 40.2 Å². The lowest BCUT2D eigenvalue weighted by atomic mass is 10.2. The molecule has 0 fully saturated rings. The summed E-state index contributed by atoms with van der Waals surface area (Å²) in [5, 5.41) is 23.1. The van der Waals surface area contributed by atoms with Crippen LogP contribution in [0.25, 0.3) is 0 Å². The smallest absolute Gasteiger partial charge is 0.271 e. The average Bonchev–Trinajstić information content (AvgIpc) is 2.43. The highest BCUT2D eigenvalue weighted by atomic mass is 79.9. The number of rotatable bonds is 3. The Balaban J connectivity index is 2.33. The van der Waals surface area contributed by atoms with Gasteiger partial charge < -0.3 is 10.4 Å². The van der Waals surface area contributed by atoms with Crippen molar-refractivity contribution in [1.82, 2.24) is 0 Å². The number of nitro groups is 1. The summed E-state index contributed by atoms with van der Waals surface area (Å²) in [5.41, 5.74) is -0.0530. The molecule has 0 radical (unpaired) electrons. The van der Waals surface area contributed by atoms with Crippen molar-refractivity contribution in [3.05, 3.63) is 61.6 Å². The van der Waals surface area contributed by atoms with Crippen LogP contribution in [-0.2, 0) is 0 Å². The quantitative estimate of drug-likeness (QED) is 0.485. The second-order valence-corrected chi connectivity index (χ2v) is 5.33. The van der Waals surface area contributed by atoms with E-state index in [1.807, 2.05) is 0 Å². The zero-order valence-corrected chi connectivity index (χ0v) is 12.7. The van der Waals surface area contributed by atoms with Gasteiger partial charge in [0.15, 0.2) is 0 Å². The summed E-state index contributed by atoms with van der Waals surface area (Å²) >= 11 is 9.03. The number of hydrogen-bond donors (Lipinski definition) is 2. The first-order valence-electron chi connectivity index (χ1n) is 5.62. The summed E-state index contributed by atoms with van der Waals surface area (Å²) in [6.07, 6.45) is 0. The molecule has 0 bridgehead atoms. The molecule has 108 valence electrons. The van der Waals surface area contributed by atoms with Gasteiger partial charge >= 0.3 is 0 Å². The predicted octanol–water partition coefficient (Wildman–Crippen LogP) is 3.97. The molecule has 0 aliphatic carbocycles. The van der Waals surface area contributed by atoms with Crippen LogP contribution >= 0.6 is 27.5 Å². The van der Waals surface area contributed by atoms with E-state index in [4.69, 9.17) is 11.6 Å². The van der Waals surface area contributed by atoms with Crippen LogP contribution in [0.15, 0.2) is 40.9 Å². The van der Waals surface area contributed by atoms with E-state index in [-0.39, 0.29) is 22.7 Å². The number of phenolic OH excluding ortho intramolecular Hbond substituents is 1. The lowest BCUT2D eigenvalue weighted by Crippen LogP contribution is -2.13. The van der Waals surface area contributed by atoms with Crippen LogP contribution in [0.4, 0.5) is 11.4 Å². The van der Waals surface area contributed by atoms with Crippen LogP contribution in [-0.4, -0.2) is 15.9 Å². The monoisotopic (exact) mass is 370 g/mol. The number of aromatic hydroxyl groups is 1. The Morgan fingerprint density at radius 1 is 1.29 bits per heavy atom. The largest absolute Gasteiger partial charge is 0.506 e. The fourth-order valence-corrected chi connectivity index (χ4v) is 2.20. The van der Waals surface area contributed by atoms with E-state index < -0.39 is 10.8 Å². The zero-order chi connectivity index (χ0) is 15.6. The molecule has 0 spiro atoms. The van der Waals surface area contributed by atoms with Crippen molar-refractivity contribution >= 4 is 44.8 Å². The third-order valence-electron chi connectivity index (χ3n) is 2.61. The second kappa shape index (κ2) is 6.11. The van der Waals surface area contributed by atoms with Crippen molar-refractivity contribution < 1.29 is 14.8 Å². The van der Waals surface area contributed by atoms with E-state index in [0.717, 1.165) is 18.2 Å². The topological polar surface area (TPSA) is 92.5 Å². The SMILES string of the molecule is O=C(Nc1cc([N+](=O)[O-])ccc1O)c1cc(Cl)ccc1Br. The van der Waals surface area contributed by atoms with E-state index in [0.29, 0.717) is 9.50 Å². The first-order valence-corrected chi connectivity index (χ1v) is 6.79. The number of carbonyl (C=O) groups excluding carboxylic acids is 1. The molecule has 1 amide bonds. The summed E-state index contributed by atoms with van der Waals surface area (Å²) in [6.45, 7) is 0. The van der Waals surface area contributed by atoms with E-state index >= 15 is 0 Å². The van der Waals surface area contributed by atoms with Crippen molar-refractivity contribution in [2.24, 2.45) is 0 Å². The summed E-state index contributed by atoms with van der Waals surface area (Å²) in [6, 6.07) is 8.00. The Hall–Kier alpha value is -2.12. The predicted molar refractivity (Wildman–Crippen MR) is 81.9 cm³/mol. The van der Waals surface area contributed by atoms with Crippen molar-refractivity contribution in [1.29, 1.82) is 0 Å². The molecule has 8 heteroatoms. The molecule has 0 aromatic heterocycles. The third kappa shape index (κ3) is 3.50. The standard InChI is InChI=1S/C13H8BrClN2O4/c14-10-3-1-7(15)5-9(10)13(19)16-11-6-8(17(20)21)2-4-12(11)18/h1-6,18H,(H,16,19). The van der Waals surface area contributed by atoms with Crippen LogP contribution in [0.3, 0.4) is 0 Å². The molecule has 0 saturated carbocycles. The Kier molecular flexibility index (Phi) is 4.44. The van der Waals surface area contributed by atoms with Gasteiger partial charge in [0, 0.05) is 21.6 Å². The molecule has 0 unspecified atom stereocenters. The molecule has 2 N–H and O–H groups in total. The van der Waals surface area contributed by atoms with Gasteiger partial charge in [0.05, 0.1) is 16.2 Å². The van der Waals surface area contributed by atoms with Gasteiger partial charge in [0.2, 0.25) is 0 Å². The number of hydrogen-bond acceptors (Lipinski definition) is 4. The number of amides is 1. The number of non-ortho nitro benzene ring substituents is 1. The number of nitrogens with zero attached hydrogens (tertiary/aromatic N) is 1. The first-order chi connectivity index (χ1) is 9.88. The summed E-state index contributed by atoms with van der Waals surface area (Å²) in [7, 11) is 0. The molecular formula is C13H8BrClN2O4. The second-order valence-electron chi connectivity index (χ2n) is 4.04. The fourth-order valence-electron chi connectivity index (χ4n) is 1.60. The number of carbonyl (C=O) groups is 1. The molecule has 21 heavy (non-hydrogen) atoms. The maximum absolute atomic E-state index is 12.1. The lowest BCUT2D eigenvalue weighted by molar-refractivity contribution is -0.384. The van der Waals surface area contributed by atoms with Crippen molar-refractivity contribution in [2.45, 2.75) is 0 Å². The molecule has 0 aliphatic heterocycles. The number of nitrogens with one attached hydrogen (secondary N) is 1. The minimum absolute atomic E-state index is 0.0546. The Bertz CT molecular complexity index is 736. The maximum atomic E-state index is 12.1. The molecule has 0 aliphatic rings. The molecule has 0 heterocycles. The summed E-state index contributed by atoms with van der Waals surface area (Å²) in [4.78, 5) is 22.2. The molecule has 2 rings (SSSR count). The van der Waals surface area contributed by atoms with Crippen molar-refractivity contribution in [2.75, 3.05) is 5.32 Å². The lowest BCUT2D eigenvalue weighted by Gasteiger charge is -2.08. The van der Waals surface area contributed by atoms with Gasteiger partial charge in [0.25, 0.3) is 11.6 Å². The van der Waals surface area contributed by atoms with Crippen molar-refractivity contribution in [3.8, 4) is 5.75 Å². The van der Waals surface area contributed by atoms with Crippen LogP contribution in [0.2, 0.25) is 5.02 Å². The number of anilines is 1. The van der Waals surface area contributed by atoms with Crippen LogP contribution in [0, 0.1) is 10.1 Å². The van der Waals surface area contributed by atoms with Gasteiger partial charge in [-0.3, -0.25) is 14.9 Å². The van der Waals surface area contributed by atoms with E-state index in [9.17, 15) is 20.0 Å². The van der Waals surface area contributed by atoms with Gasteiger partial charge in [-0.2, -0.15) is 0 Å². The zero-order valence-electron chi connectivity index (χ0n) is 10.3. The Morgan fingerprint density at radius 3 is 2.67 bits per heavy atom. The van der Waals surface area contributed by atoms with Crippen LogP contribution in [0.5, 0.6) is 5.75 Å². The first kappa shape index (κ1) is 15.3. The minimum Gasteiger partial charge on any atom is -0.506 e. The molecular weight excluding hydrogens is 364 g/mol. The highest BCUT2D eigenvalue weighted by Crippen LogP contribution is 2.29. The third-order valence-corrected chi connectivity index (χ3v) is 3.54. The number of halogens is 2. The van der Waals surface area contributed by atoms with E-state index in [1.165, 1.54) is 6.07 Å². The molecule has 6 nitrogen and oxygen atoms in total. The highest BCUT2D eigenvalue weighted by molar-refractivity contribution is 9.10. The highest BCUT2D eigenvalue weighted by Gasteiger charge is 2.15. The normalized spacial score (nSPS) is 10.2. The number of benzene rings is 2. The molecule has 0 atom stereocenters. The minimum atomic E-state index is -0.621. The van der Waals surface area contributed by atoms with Gasteiger partial charge in [-0.25, -0.2) is 0 Å². The number of nitro benzene ring substituents is 1. The molecule has 2 aromatic rings. The van der Waals surface area contributed by atoms with Crippen LogP contribution in [0.1, 0.15) is 10.4 Å². The Morgan fingerprint density at radius 2 is 2.00 bits per heavy atom.